The van der Waals surface area contributed by atoms with Gasteiger partial charge in [-0.1, -0.05) is 0 Å². The Morgan fingerprint density at radius 1 is 1.08 bits per heavy atom. The van der Waals surface area contributed by atoms with Gasteiger partial charge in [-0.15, -0.1) is 11.4 Å². The van der Waals surface area contributed by atoms with Gasteiger partial charge in [0, 0.05) is 0 Å². The summed E-state index contributed by atoms with van der Waals surface area (Å²) in [7, 11) is 0. The van der Waals surface area contributed by atoms with E-state index < -0.39 is 22.9 Å². The van der Waals surface area contributed by atoms with Gasteiger partial charge in [-0.2, -0.15) is 18.0 Å². The van der Waals surface area contributed by atoms with Crippen LogP contribution in [0.5, 0.6) is 0 Å². The standard InChI is InChI=1S/CO2.2Na.H2O3S.O2S/c2-1-3;;;1-4(2)3;1-3-2/h;;;(H2,1,2,3);/q;2*+1;;/p-2. The van der Waals surface area contributed by atoms with Gasteiger partial charge in [0.2, 0.25) is 0 Å². The smallest absolute Gasteiger partial charge is 0.784 e. The van der Waals surface area contributed by atoms with Crippen LogP contribution in [0.1, 0.15) is 0 Å². The van der Waals surface area contributed by atoms with Crippen LogP contribution in [0, 0.1) is 0 Å². The van der Waals surface area contributed by atoms with Crippen molar-refractivity contribution in [3.63, 3.8) is 0 Å². The predicted octanol–water partition coefficient (Wildman–Crippen LogP) is -8.25. The Balaban J connectivity index is -0.0000000191. The SMILES string of the molecule is O=C=O.O=S([O-])[O-].O=S=O.[Na+].[Na+]. The largest absolute Gasteiger partial charge is 1.00 e. The summed E-state index contributed by atoms with van der Waals surface area (Å²) in [5.74, 6) is 0. The molecule has 11 heteroatoms. The van der Waals surface area contributed by atoms with Crippen LogP contribution >= 0.6 is 0 Å². The van der Waals surface area contributed by atoms with Crippen molar-refractivity contribution >= 4 is 29.1 Å². The van der Waals surface area contributed by atoms with Crippen molar-refractivity contribution in [1.82, 2.24) is 0 Å². The third-order valence-electron chi connectivity index (χ3n) is 0. The predicted molar refractivity (Wildman–Crippen MR) is 23.6 cm³/mol. The molecule has 0 amide bonds. The first-order valence-corrected chi connectivity index (χ1v) is 2.91. The van der Waals surface area contributed by atoms with E-state index in [0.29, 0.717) is 0 Å². The van der Waals surface area contributed by atoms with Crippen LogP contribution in [0.25, 0.3) is 0 Å². The molecule has 60 valence electrons. The first-order valence-electron chi connectivity index (χ1n) is 1.24. The minimum absolute atomic E-state index is 0. The maximum absolute atomic E-state index is 8.44. The molecule has 0 rings (SSSR count). The van der Waals surface area contributed by atoms with Crippen molar-refractivity contribution in [3.8, 4) is 0 Å². The second kappa shape index (κ2) is 39.6. The van der Waals surface area contributed by atoms with E-state index in [0.717, 1.165) is 0 Å². The Morgan fingerprint density at radius 3 is 1.08 bits per heavy atom. The van der Waals surface area contributed by atoms with Gasteiger partial charge in [0.1, 0.15) is 0 Å². The van der Waals surface area contributed by atoms with E-state index in [-0.39, 0.29) is 65.3 Å². The van der Waals surface area contributed by atoms with E-state index in [1.54, 1.807) is 0 Å². The zero-order valence-electron chi connectivity index (χ0n) is 6.17. The maximum atomic E-state index is 8.44. The van der Waals surface area contributed by atoms with Gasteiger partial charge < -0.3 is 9.11 Å². The van der Waals surface area contributed by atoms with Crippen LogP contribution in [0.3, 0.4) is 0 Å². The molecule has 0 unspecified atom stereocenters. The summed E-state index contributed by atoms with van der Waals surface area (Å²) in [6, 6.07) is 0. The summed E-state index contributed by atoms with van der Waals surface area (Å²) in [6.07, 6.45) is 0.250. The van der Waals surface area contributed by atoms with Gasteiger partial charge in [0.25, 0.3) is 0 Å². The fourth-order valence-electron chi connectivity index (χ4n) is 0. The Labute approximate surface area is 118 Å². The van der Waals surface area contributed by atoms with Crippen LogP contribution < -0.4 is 59.1 Å². The Hall–Kier alpha value is 1.27. The van der Waals surface area contributed by atoms with Crippen molar-refractivity contribution in [3.05, 3.63) is 0 Å². The minimum Gasteiger partial charge on any atom is -0.784 e. The van der Waals surface area contributed by atoms with E-state index in [9.17, 15) is 0 Å². The molecule has 0 atom stereocenters. The summed E-state index contributed by atoms with van der Waals surface area (Å²) in [5, 5.41) is 0. The fraction of sp³-hybridized carbons (Fsp3) is 0. The molecule has 0 spiro atoms. The zero-order valence-corrected chi connectivity index (χ0v) is 11.8. The molecule has 0 bridgehead atoms. The van der Waals surface area contributed by atoms with E-state index in [2.05, 4.69) is 0 Å². The third-order valence-corrected chi connectivity index (χ3v) is 0. The molecular formula is CNa2O7S2. The van der Waals surface area contributed by atoms with Crippen LogP contribution in [0.2, 0.25) is 0 Å². The van der Waals surface area contributed by atoms with Gasteiger partial charge in [0.05, 0.1) is 0 Å². The minimum atomic E-state index is -3.11. The molecule has 0 saturated heterocycles. The Bertz CT molecular complexity index is 129. The van der Waals surface area contributed by atoms with Gasteiger partial charge in [-0.05, 0) is 0 Å². The zero-order chi connectivity index (χ0) is 8.99. The van der Waals surface area contributed by atoms with Crippen LogP contribution in [-0.4, -0.2) is 27.9 Å². The number of hydrogen-bond donors (Lipinski definition) is 0. The summed E-state index contributed by atoms with van der Waals surface area (Å²) >= 11 is -3.86. The second-order valence-corrected chi connectivity index (χ2v) is 0.900. The van der Waals surface area contributed by atoms with Crippen molar-refractivity contribution in [2.75, 3.05) is 0 Å². The summed E-state index contributed by atoms with van der Waals surface area (Å²) in [6.45, 7) is 0. The molecule has 0 aromatic carbocycles. The number of carbonyl (C=O) groups excluding carboxylic acids is 2. The van der Waals surface area contributed by atoms with Crippen molar-refractivity contribution < 1.29 is 90.4 Å². The molecule has 0 heterocycles. The topological polar surface area (TPSA) is 131 Å². The Kier molecular flexibility index (Phi) is 96.5. The Morgan fingerprint density at radius 2 is 1.08 bits per heavy atom. The molecule has 12 heavy (non-hydrogen) atoms. The van der Waals surface area contributed by atoms with Crippen molar-refractivity contribution in [1.29, 1.82) is 0 Å². The molecule has 0 fully saturated rings. The normalized spacial score (nSPS) is 4.58. The molecular weight excluding hydrogens is 234 g/mol. The van der Waals surface area contributed by atoms with E-state index >= 15 is 0 Å². The molecule has 7 nitrogen and oxygen atoms in total. The molecule has 0 radical (unpaired) electrons. The first-order chi connectivity index (χ1) is 4.56. The molecule has 0 aromatic heterocycles. The summed E-state index contributed by atoms with van der Waals surface area (Å²) < 4.78 is 41.9. The maximum Gasteiger partial charge on any atom is 1.00 e. The van der Waals surface area contributed by atoms with Gasteiger partial charge in [-0.25, -0.2) is 0 Å². The average Bonchev–Trinajstić information content (AvgIpc) is 1.65. The molecule has 0 N–H and O–H groups in total. The molecule has 0 aliphatic heterocycles. The van der Waals surface area contributed by atoms with Crippen LogP contribution in [0.15, 0.2) is 0 Å². The third kappa shape index (κ3) is 737. The number of hydrogen-bond acceptors (Lipinski definition) is 7. The molecule has 0 aromatic rings. The van der Waals surface area contributed by atoms with Crippen LogP contribution in [0.4, 0.5) is 0 Å². The molecule has 0 aliphatic rings. The number of rotatable bonds is 0. The molecule has 0 saturated carbocycles. The van der Waals surface area contributed by atoms with E-state index in [1.807, 2.05) is 0 Å². The summed E-state index contributed by atoms with van der Waals surface area (Å²) in [5.41, 5.74) is 0. The molecule has 0 aliphatic carbocycles. The van der Waals surface area contributed by atoms with Crippen molar-refractivity contribution in [2.45, 2.75) is 0 Å². The average molecular weight is 234 g/mol. The monoisotopic (exact) mass is 234 g/mol. The van der Waals surface area contributed by atoms with E-state index in [4.69, 9.17) is 31.3 Å². The second-order valence-electron chi connectivity index (χ2n) is 0.355. The van der Waals surface area contributed by atoms with Gasteiger partial charge in [0.15, 0.2) is 0 Å². The fourth-order valence-corrected chi connectivity index (χ4v) is 0. The van der Waals surface area contributed by atoms with Crippen molar-refractivity contribution in [2.24, 2.45) is 0 Å². The summed E-state index contributed by atoms with van der Waals surface area (Å²) in [4.78, 5) is 16.2. The van der Waals surface area contributed by atoms with E-state index in [1.165, 1.54) is 0 Å². The quantitative estimate of drug-likeness (QED) is 0.300. The van der Waals surface area contributed by atoms with Crippen LogP contribution in [-0.2, 0) is 32.5 Å². The first kappa shape index (κ1) is 29.2. The van der Waals surface area contributed by atoms with Gasteiger partial charge >= 0.3 is 76.8 Å². The van der Waals surface area contributed by atoms with Gasteiger partial charge in [-0.3, -0.25) is 4.21 Å².